The molecule has 1 unspecified atom stereocenters. The van der Waals surface area contributed by atoms with Gasteiger partial charge < -0.3 is 0 Å². The van der Waals surface area contributed by atoms with Crippen molar-refractivity contribution in [3.63, 3.8) is 0 Å². The quantitative estimate of drug-likeness (QED) is 0.543. The average Bonchev–Trinajstić information content (AvgIpc) is 1.86. The van der Waals surface area contributed by atoms with Crippen molar-refractivity contribution in [3.05, 3.63) is 12.2 Å². The fourth-order valence-corrected chi connectivity index (χ4v) is 0.238. The van der Waals surface area contributed by atoms with Gasteiger partial charge in [-0.2, -0.15) is 8.78 Å². The van der Waals surface area contributed by atoms with Crippen LogP contribution in [0.1, 0.15) is 6.92 Å². The lowest BCUT2D eigenvalue weighted by molar-refractivity contribution is -0.0497. The third kappa shape index (κ3) is 1.68. The zero-order chi connectivity index (χ0) is 8.36. The molecule has 0 aromatic heterocycles. The molecule has 0 aromatic carbocycles. The van der Waals surface area contributed by atoms with Crippen molar-refractivity contribution in [2.75, 3.05) is 0 Å². The van der Waals surface area contributed by atoms with Crippen LogP contribution < -0.4 is 0 Å². The Labute approximate surface area is 54.3 Å². The summed E-state index contributed by atoms with van der Waals surface area (Å²) in [5.74, 6) is -6.91. The van der Waals surface area contributed by atoms with Gasteiger partial charge in [-0.3, -0.25) is 0 Å². The summed E-state index contributed by atoms with van der Waals surface area (Å²) in [4.78, 5) is 0. The maximum absolute atomic E-state index is 11.9. The van der Waals surface area contributed by atoms with Crippen LogP contribution in [0.15, 0.2) is 5.83 Å². The van der Waals surface area contributed by atoms with E-state index in [4.69, 9.17) is 0 Å². The first kappa shape index (κ1) is 9.39. The number of hydrogen-bond acceptors (Lipinski definition) is 0. The number of rotatable bonds is 2. The Bertz CT molecular complexity index is 137. The topological polar surface area (TPSA) is 0 Å². The predicted octanol–water partition coefficient (Wildman–Crippen LogP) is 2.56. The predicted molar refractivity (Wildman–Crippen MR) is 24.5 cm³/mol. The van der Waals surface area contributed by atoms with Gasteiger partial charge in [-0.1, -0.05) is 0 Å². The molecule has 0 aromatic rings. The second-order valence-corrected chi connectivity index (χ2v) is 1.65. The molecule has 5 heteroatoms. The van der Waals surface area contributed by atoms with E-state index < -0.39 is 17.9 Å². The molecule has 0 aliphatic heterocycles. The Balaban J connectivity index is 4.40. The van der Waals surface area contributed by atoms with Crippen molar-refractivity contribution in [1.29, 1.82) is 0 Å². The summed E-state index contributed by atoms with van der Waals surface area (Å²) in [5.41, 5.74) is 0. The molecule has 0 heterocycles. The highest BCUT2D eigenvalue weighted by molar-refractivity contribution is 5.00. The fourth-order valence-electron chi connectivity index (χ4n) is 0.238. The van der Waals surface area contributed by atoms with Crippen LogP contribution in [-0.4, -0.2) is 12.1 Å². The molecule has 0 saturated carbocycles. The molecule has 0 fully saturated rings. The second kappa shape index (κ2) is 2.98. The van der Waals surface area contributed by atoms with Crippen LogP contribution in [0, 0.1) is 6.33 Å². The van der Waals surface area contributed by atoms with Crippen molar-refractivity contribution < 1.29 is 22.0 Å². The standard InChI is InChI=1S/C5H4F5/c1-3(7)5(9,10)4(8)2-6/h3H,1H3. The Kier molecular flexibility index (Phi) is 2.80. The highest BCUT2D eigenvalue weighted by Gasteiger charge is 2.42. The van der Waals surface area contributed by atoms with Gasteiger partial charge in [-0.15, -0.1) is 0 Å². The summed E-state index contributed by atoms with van der Waals surface area (Å²) in [7, 11) is 0. The number of allylic oxidation sites excluding steroid dienone is 1. The van der Waals surface area contributed by atoms with E-state index in [0.29, 0.717) is 6.92 Å². The zero-order valence-electron chi connectivity index (χ0n) is 4.97. The summed E-state index contributed by atoms with van der Waals surface area (Å²) < 4.78 is 57.9. The van der Waals surface area contributed by atoms with Gasteiger partial charge in [-0.05, 0) is 6.92 Å². The van der Waals surface area contributed by atoms with E-state index >= 15 is 0 Å². The maximum Gasteiger partial charge on any atom is 0.331 e. The third-order valence-electron chi connectivity index (χ3n) is 0.875. The summed E-state index contributed by atoms with van der Waals surface area (Å²) in [6.45, 7) is 0.428. The molecular formula is C5H4F5. The molecule has 0 N–H and O–H groups in total. The molecule has 10 heavy (non-hydrogen) atoms. The molecule has 0 aliphatic rings. The molecular weight excluding hydrogens is 155 g/mol. The van der Waals surface area contributed by atoms with E-state index in [1.54, 1.807) is 0 Å². The van der Waals surface area contributed by atoms with Gasteiger partial charge in [0.25, 0.3) is 0 Å². The van der Waals surface area contributed by atoms with Crippen molar-refractivity contribution >= 4 is 0 Å². The van der Waals surface area contributed by atoms with Gasteiger partial charge in [0, 0.05) is 0 Å². The summed E-state index contributed by atoms with van der Waals surface area (Å²) in [6.07, 6.45) is -2.71. The van der Waals surface area contributed by atoms with Gasteiger partial charge in [-0.25, -0.2) is 13.2 Å². The molecule has 1 atom stereocenters. The fraction of sp³-hybridized carbons (Fsp3) is 0.600. The van der Waals surface area contributed by atoms with Gasteiger partial charge in [0.15, 0.2) is 12.5 Å². The van der Waals surface area contributed by atoms with Crippen LogP contribution in [0.4, 0.5) is 22.0 Å². The zero-order valence-corrected chi connectivity index (χ0v) is 4.97. The molecule has 0 aliphatic carbocycles. The lowest BCUT2D eigenvalue weighted by Gasteiger charge is -2.13. The third-order valence-corrected chi connectivity index (χ3v) is 0.875. The summed E-state index contributed by atoms with van der Waals surface area (Å²) in [5, 5.41) is 0. The highest BCUT2D eigenvalue weighted by Crippen LogP contribution is 2.30. The molecule has 0 nitrogen and oxygen atoms in total. The van der Waals surface area contributed by atoms with E-state index in [9.17, 15) is 22.0 Å². The minimum atomic E-state index is -4.39. The van der Waals surface area contributed by atoms with Gasteiger partial charge >= 0.3 is 5.92 Å². The molecule has 0 amide bonds. The first-order valence-electron chi connectivity index (χ1n) is 2.34. The van der Waals surface area contributed by atoms with E-state index in [1.807, 2.05) is 0 Å². The van der Waals surface area contributed by atoms with Crippen LogP contribution in [0.2, 0.25) is 0 Å². The molecule has 0 rings (SSSR count). The summed E-state index contributed by atoms with van der Waals surface area (Å²) in [6, 6.07) is 0. The van der Waals surface area contributed by atoms with Crippen molar-refractivity contribution in [1.82, 2.24) is 0 Å². The van der Waals surface area contributed by atoms with E-state index in [0.717, 1.165) is 0 Å². The molecule has 0 bridgehead atoms. The molecule has 0 spiro atoms. The van der Waals surface area contributed by atoms with E-state index in [1.165, 1.54) is 0 Å². The second-order valence-electron chi connectivity index (χ2n) is 1.65. The number of alkyl halides is 3. The van der Waals surface area contributed by atoms with Crippen LogP contribution >= 0.6 is 0 Å². The Hall–Kier alpha value is -0.610. The highest BCUT2D eigenvalue weighted by atomic mass is 19.3. The Morgan fingerprint density at radius 2 is 1.90 bits per heavy atom. The Morgan fingerprint density at radius 3 is 2.00 bits per heavy atom. The summed E-state index contributed by atoms with van der Waals surface area (Å²) >= 11 is 0. The van der Waals surface area contributed by atoms with Crippen LogP contribution in [0.5, 0.6) is 0 Å². The lowest BCUT2D eigenvalue weighted by Crippen LogP contribution is -2.28. The van der Waals surface area contributed by atoms with Crippen LogP contribution in [0.25, 0.3) is 0 Å². The minimum absolute atomic E-state index is 0.0465. The van der Waals surface area contributed by atoms with Crippen LogP contribution in [-0.2, 0) is 0 Å². The smallest absolute Gasteiger partial charge is 0.241 e. The minimum Gasteiger partial charge on any atom is -0.241 e. The van der Waals surface area contributed by atoms with Gasteiger partial charge in [0.05, 0.1) is 0 Å². The van der Waals surface area contributed by atoms with E-state index in [2.05, 4.69) is 0 Å². The first-order chi connectivity index (χ1) is 4.42. The van der Waals surface area contributed by atoms with Crippen LogP contribution in [0.3, 0.4) is 0 Å². The SMILES string of the molecule is CC(F)C(F)(F)/C(F)=[C]\F. The maximum atomic E-state index is 11.9. The first-order valence-corrected chi connectivity index (χ1v) is 2.34. The van der Waals surface area contributed by atoms with Crippen molar-refractivity contribution in [3.8, 4) is 0 Å². The van der Waals surface area contributed by atoms with Crippen molar-refractivity contribution in [2.24, 2.45) is 0 Å². The number of hydrogen-bond donors (Lipinski definition) is 0. The largest absolute Gasteiger partial charge is 0.331 e. The monoisotopic (exact) mass is 159 g/mol. The lowest BCUT2D eigenvalue weighted by atomic mass is 10.2. The van der Waals surface area contributed by atoms with E-state index in [-0.39, 0.29) is 6.33 Å². The molecule has 1 radical (unpaired) electrons. The van der Waals surface area contributed by atoms with Crippen molar-refractivity contribution in [2.45, 2.75) is 19.0 Å². The number of halogens is 5. The molecule has 59 valence electrons. The van der Waals surface area contributed by atoms with Gasteiger partial charge in [0.1, 0.15) is 0 Å². The average molecular weight is 159 g/mol. The Morgan fingerprint density at radius 1 is 1.50 bits per heavy atom. The van der Waals surface area contributed by atoms with Gasteiger partial charge in [0.2, 0.25) is 5.83 Å². The molecule has 0 saturated heterocycles. The normalized spacial score (nSPS) is 17.2.